The minimum absolute atomic E-state index is 0.122. The number of hydrogen-bond donors (Lipinski definition) is 1. The van der Waals surface area contributed by atoms with E-state index in [0.29, 0.717) is 36.7 Å². The maximum Gasteiger partial charge on any atom is 0.303 e. The number of amides is 1. The Hall–Kier alpha value is -2.53. The van der Waals surface area contributed by atoms with E-state index in [1.54, 1.807) is 7.11 Å². The van der Waals surface area contributed by atoms with Crippen LogP contribution in [-0.2, 0) is 21.4 Å². The largest absolute Gasteiger partial charge is 0.495 e. The number of carbonyl (C=O) groups is 2. The van der Waals surface area contributed by atoms with E-state index in [1.807, 2.05) is 41.3 Å². The number of nitrogens with zero attached hydrogens (tertiary/aromatic N) is 1. The van der Waals surface area contributed by atoms with Crippen molar-refractivity contribution < 1.29 is 19.4 Å². The number of hydrogen-bond acceptors (Lipinski definition) is 3. The first-order chi connectivity index (χ1) is 15.0. The van der Waals surface area contributed by atoms with Crippen LogP contribution in [0.1, 0.15) is 49.7 Å². The van der Waals surface area contributed by atoms with Crippen LogP contribution in [-0.4, -0.2) is 42.1 Å². The summed E-state index contributed by atoms with van der Waals surface area (Å²) in [6.45, 7) is 1.24. The Morgan fingerprint density at radius 1 is 1.06 bits per heavy atom. The fourth-order valence-electron chi connectivity index (χ4n) is 4.03. The topological polar surface area (TPSA) is 66.8 Å². The highest BCUT2D eigenvalue weighted by molar-refractivity contribution is 6.32. The number of carbonyl (C=O) groups excluding carboxylic acids is 1. The molecule has 0 bridgehead atoms. The van der Waals surface area contributed by atoms with E-state index in [0.717, 1.165) is 31.2 Å². The zero-order chi connectivity index (χ0) is 22.3. The zero-order valence-corrected chi connectivity index (χ0v) is 18.7. The monoisotopic (exact) mass is 443 g/mol. The number of ether oxygens (including phenoxy) is 1. The number of halogens is 1. The lowest BCUT2D eigenvalue weighted by Crippen LogP contribution is -2.40. The van der Waals surface area contributed by atoms with Crippen LogP contribution in [0.3, 0.4) is 0 Å². The molecule has 0 heterocycles. The summed E-state index contributed by atoms with van der Waals surface area (Å²) in [7, 11) is 1.57. The lowest BCUT2D eigenvalue weighted by Gasteiger charge is -2.28. The summed E-state index contributed by atoms with van der Waals surface area (Å²) in [5.41, 5.74) is 1.67. The fraction of sp³-hybridized carbons (Fsp3) is 0.440. The SMILES string of the molecule is COc1ccc(C2(C(=O)N(CCCCC(=O)O)CCCc3ccccc3)CC2)cc1Cl. The van der Waals surface area contributed by atoms with Crippen LogP contribution in [0.4, 0.5) is 0 Å². The van der Waals surface area contributed by atoms with Gasteiger partial charge in [0, 0.05) is 19.5 Å². The normalized spacial score (nSPS) is 14.1. The molecule has 0 unspecified atom stereocenters. The fourth-order valence-corrected chi connectivity index (χ4v) is 4.29. The van der Waals surface area contributed by atoms with Crippen LogP contribution in [0, 0.1) is 0 Å². The summed E-state index contributed by atoms with van der Waals surface area (Å²) in [6.07, 6.45) is 4.76. The standard InChI is InChI=1S/C25H30ClNO4/c1-31-22-13-12-20(18-21(22)26)25(14-15-25)24(30)27(16-6-5-11-23(28)29)17-7-10-19-8-3-2-4-9-19/h2-4,8-9,12-13,18H,5-7,10-11,14-17H2,1H3,(H,28,29). The number of unbranched alkanes of at least 4 members (excludes halogenated alkanes) is 1. The van der Waals surface area contributed by atoms with Crippen molar-refractivity contribution in [3.63, 3.8) is 0 Å². The smallest absolute Gasteiger partial charge is 0.303 e. The highest BCUT2D eigenvalue weighted by Gasteiger charge is 2.53. The van der Waals surface area contributed by atoms with Crippen LogP contribution in [0.2, 0.25) is 5.02 Å². The second-order valence-electron chi connectivity index (χ2n) is 8.16. The molecule has 1 aliphatic carbocycles. The van der Waals surface area contributed by atoms with E-state index in [9.17, 15) is 9.59 Å². The molecule has 3 rings (SSSR count). The molecule has 0 radical (unpaired) electrons. The van der Waals surface area contributed by atoms with Crippen molar-refractivity contribution in [2.75, 3.05) is 20.2 Å². The predicted octanol–water partition coefficient (Wildman–Crippen LogP) is 5.10. The van der Waals surface area contributed by atoms with Crippen molar-refractivity contribution in [1.82, 2.24) is 4.90 Å². The second kappa shape index (κ2) is 10.7. The molecule has 1 aliphatic rings. The Kier molecular flexibility index (Phi) is 7.97. The van der Waals surface area contributed by atoms with Crippen LogP contribution in [0.15, 0.2) is 48.5 Å². The Morgan fingerprint density at radius 3 is 2.39 bits per heavy atom. The van der Waals surface area contributed by atoms with E-state index in [-0.39, 0.29) is 12.3 Å². The number of rotatable bonds is 12. The number of carboxylic acid groups (broad SMARTS) is 1. The molecule has 166 valence electrons. The van der Waals surface area contributed by atoms with Crippen molar-refractivity contribution in [1.29, 1.82) is 0 Å². The molecule has 1 amide bonds. The third-order valence-corrected chi connectivity index (χ3v) is 6.25. The van der Waals surface area contributed by atoms with E-state index in [1.165, 1.54) is 5.56 Å². The van der Waals surface area contributed by atoms with Gasteiger partial charge in [-0.05, 0) is 61.8 Å². The zero-order valence-electron chi connectivity index (χ0n) is 18.0. The number of carboxylic acids is 1. The maximum absolute atomic E-state index is 13.6. The highest BCUT2D eigenvalue weighted by atomic mass is 35.5. The average molecular weight is 444 g/mol. The van der Waals surface area contributed by atoms with E-state index in [4.69, 9.17) is 21.4 Å². The van der Waals surface area contributed by atoms with Crippen LogP contribution >= 0.6 is 11.6 Å². The van der Waals surface area contributed by atoms with Crippen molar-refractivity contribution in [3.05, 3.63) is 64.7 Å². The van der Waals surface area contributed by atoms with Gasteiger partial charge >= 0.3 is 5.97 Å². The minimum atomic E-state index is -0.798. The molecule has 1 N–H and O–H groups in total. The van der Waals surface area contributed by atoms with Crippen LogP contribution < -0.4 is 4.74 Å². The summed E-state index contributed by atoms with van der Waals surface area (Å²) in [5.74, 6) is -0.0762. The Bertz CT molecular complexity index is 896. The summed E-state index contributed by atoms with van der Waals surface area (Å²) < 4.78 is 5.25. The van der Waals surface area contributed by atoms with Gasteiger partial charge in [-0.3, -0.25) is 9.59 Å². The summed E-state index contributed by atoms with van der Waals surface area (Å²) >= 11 is 6.33. The summed E-state index contributed by atoms with van der Waals surface area (Å²) in [6, 6.07) is 15.8. The predicted molar refractivity (Wildman–Crippen MR) is 122 cm³/mol. The second-order valence-corrected chi connectivity index (χ2v) is 8.57. The van der Waals surface area contributed by atoms with Gasteiger partial charge in [0.1, 0.15) is 5.75 Å². The van der Waals surface area contributed by atoms with Crippen molar-refractivity contribution in [3.8, 4) is 5.75 Å². The van der Waals surface area contributed by atoms with E-state index in [2.05, 4.69) is 12.1 Å². The molecule has 31 heavy (non-hydrogen) atoms. The van der Waals surface area contributed by atoms with Gasteiger partial charge in [0.15, 0.2) is 0 Å². The van der Waals surface area contributed by atoms with Gasteiger partial charge < -0.3 is 14.7 Å². The molecule has 0 atom stereocenters. The first kappa shape index (κ1) is 23.1. The molecule has 1 saturated carbocycles. The Labute approximate surface area is 189 Å². The first-order valence-corrected chi connectivity index (χ1v) is 11.2. The lowest BCUT2D eigenvalue weighted by atomic mass is 9.93. The first-order valence-electron chi connectivity index (χ1n) is 10.9. The van der Waals surface area contributed by atoms with Gasteiger partial charge in [-0.15, -0.1) is 0 Å². The van der Waals surface area contributed by atoms with Crippen molar-refractivity contribution in [2.24, 2.45) is 0 Å². The molecule has 5 nitrogen and oxygen atoms in total. The number of aliphatic carboxylic acids is 1. The Morgan fingerprint density at radius 2 is 1.77 bits per heavy atom. The van der Waals surface area contributed by atoms with E-state index >= 15 is 0 Å². The highest BCUT2D eigenvalue weighted by Crippen LogP contribution is 2.50. The molecular formula is C25H30ClNO4. The van der Waals surface area contributed by atoms with Gasteiger partial charge in [-0.1, -0.05) is 48.0 Å². The minimum Gasteiger partial charge on any atom is -0.495 e. The quantitative estimate of drug-likeness (QED) is 0.463. The third kappa shape index (κ3) is 6.01. The van der Waals surface area contributed by atoms with Crippen molar-refractivity contribution in [2.45, 2.75) is 50.4 Å². The molecule has 2 aromatic carbocycles. The number of aryl methyl sites for hydroxylation is 1. The van der Waals surface area contributed by atoms with Crippen LogP contribution in [0.25, 0.3) is 0 Å². The van der Waals surface area contributed by atoms with Gasteiger partial charge in [-0.25, -0.2) is 0 Å². The molecule has 0 saturated heterocycles. The average Bonchev–Trinajstić information content (AvgIpc) is 3.57. The lowest BCUT2D eigenvalue weighted by molar-refractivity contribution is -0.137. The van der Waals surface area contributed by atoms with Gasteiger partial charge in [0.2, 0.25) is 5.91 Å². The van der Waals surface area contributed by atoms with E-state index < -0.39 is 11.4 Å². The Balaban J connectivity index is 1.69. The van der Waals surface area contributed by atoms with Gasteiger partial charge in [-0.2, -0.15) is 0 Å². The molecule has 0 aromatic heterocycles. The summed E-state index contributed by atoms with van der Waals surface area (Å²) in [4.78, 5) is 26.4. The molecular weight excluding hydrogens is 414 g/mol. The van der Waals surface area contributed by atoms with Crippen LogP contribution in [0.5, 0.6) is 5.75 Å². The molecule has 6 heteroatoms. The molecule has 2 aromatic rings. The summed E-state index contributed by atoms with van der Waals surface area (Å²) in [5, 5.41) is 9.42. The molecule has 1 fully saturated rings. The van der Waals surface area contributed by atoms with Gasteiger partial charge in [0.25, 0.3) is 0 Å². The number of benzene rings is 2. The van der Waals surface area contributed by atoms with Crippen molar-refractivity contribution >= 4 is 23.5 Å². The third-order valence-electron chi connectivity index (χ3n) is 5.96. The van der Waals surface area contributed by atoms with Gasteiger partial charge in [0.05, 0.1) is 17.5 Å². The maximum atomic E-state index is 13.6. The molecule has 0 spiro atoms. The number of methoxy groups -OCH3 is 1. The molecule has 0 aliphatic heterocycles.